The minimum absolute atomic E-state index is 0.0407. The molecule has 0 bridgehead atoms. The van der Waals surface area contributed by atoms with Crippen LogP contribution < -0.4 is 0 Å². The minimum atomic E-state index is 0.0407. The van der Waals surface area contributed by atoms with Crippen molar-refractivity contribution in [3.05, 3.63) is 51.6 Å². The summed E-state index contributed by atoms with van der Waals surface area (Å²) in [5.41, 5.74) is 3.13. The lowest BCUT2D eigenvalue weighted by Crippen LogP contribution is -2.30. The Morgan fingerprint density at radius 1 is 1.35 bits per heavy atom. The van der Waals surface area contributed by atoms with E-state index in [-0.39, 0.29) is 11.9 Å². The van der Waals surface area contributed by atoms with Crippen molar-refractivity contribution in [3.8, 4) is 0 Å². The number of para-hydroxylation sites is 1. The number of aryl methyl sites for hydroxylation is 2. The van der Waals surface area contributed by atoms with Gasteiger partial charge in [-0.2, -0.15) is 0 Å². The van der Waals surface area contributed by atoms with Gasteiger partial charge in [-0.05, 0) is 32.4 Å². The van der Waals surface area contributed by atoms with Gasteiger partial charge >= 0.3 is 0 Å². The fourth-order valence-corrected chi connectivity index (χ4v) is 3.91. The van der Waals surface area contributed by atoms with Crippen LogP contribution in [-0.4, -0.2) is 27.8 Å². The van der Waals surface area contributed by atoms with Crippen molar-refractivity contribution in [1.82, 2.24) is 14.9 Å². The number of carbonyl (C=O) groups is 1. The molecule has 3 aromatic rings. The van der Waals surface area contributed by atoms with Crippen molar-refractivity contribution in [1.29, 1.82) is 0 Å². The third-order valence-electron chi connectivity index (χ3n) is 4.31. The Morgan fingerprint density at radius 2 is 2.09 bits per heavy atom. The molecule has 0 spiro atoms. The largest absolute Gasteiger partial charge is 0.361 e. The molecule has 0 fully saturated rings. The zero-order chi connectivity index (χ0) is 16.6. The zero-order valence-corrected chi connectivity index (χ0v) is 14.7. The first-order valence-electron chi connectivity index (χ1n) is 7.72. The number of amides is 1. The Bertz CT molecular complexity index is 849. The van der Waals surface area contributed by atoms with E-state index in [1.54, 1.807) is 11.3 Å². The fourth-order valence-electron chi connectivity index (χ4n) is 2.89. The van der Waals surface area contributed by atoms with Crippen molar-refractivity contribution in [2.75, 3.05) is 7.05 Å². The molecule has 2 aromatic heterocycles. The number of benzene rings is 1. The molecule has 1 N–H and O–H groups in total. The summed E-state index contributed by atoms with van der Waals surface area (Å²) in [7, 11) is 1.87. The molecule has 0 saturated heterocycles. The van der Waals surface area contributed by atoms with Crippen LogP contribution in [0.15, 0.2) is 30.5 Å². The SMILES string of the molecule is Cc1nc(C)c(C(C)N(C)C(=O)Cc2c[nH]c3ccccc23)s1. The van der Waals surface area contributed by atoms with Crippen LogP contribution >= 0.6 is 11.3 Å². The van der Waals surface area contributed by atoms with Crippen molar-refractivity contribution in [2.45, 2.75) is 33.2 Å². The monoisotopic (exact) mass is 327 g/mol. The number of aromatic nitrogens is 2. The number of carbonyl (C=O) groups excluding carboxylic acids is 1. The highest BCUT2D eigenvalue weighted by atomic mass is 32.1. The maximum Gasteiger partial charge on any atom is 0.227 e. The van der Waals surface area contributed by atoms with E-state index in [9.17, 15) is 4.79 Å². The Hall–Kier alpha value is -2.14. The predicted molar refractivity (Wildman–Crippen MR) is 94.8 cm³/mol. The molecule has 1 unspecified atom stereocenters. The van der Waals surface area contributed by atoms with Crippen molar-refractivity contribution >= 4 is 28.1 Å². The molecular weight excluding hydrogens is 306 g/mol. The second kappa shape index (κ2) is 6.16. The topological polar surface area (TPSA) is 49.0 Å². The molecule has 0 aliphatic carbocycles. The number of fused-ring (bicyclic) bond motifs is 1. The Balaban J connectivity index is 1.78. The first kappa shape index (κ1) is 15.7. The molecule has 1 amide bonds. The summed E-state index contributed by atoms with van der Waals surface area (Å²) in [6.45, 7) is 6.07. The number of hydrogen-bond acceptors (Lipinski definition) is 3. The van der Waals surface area contributed by atoms with Gasteiger partial charge in [0.25, 0.3) is 0 Å². The Labute approximate surface area is 140 Å². The van der Waals surface area contributed by atoms with E-state index < -0.39 is 0 Å². The lowest BCUT2D eigenvalue weighted by molar-refractivity contribution is -0.131. The lowest BCUT2D eigenvalue weighted by atomic mass is 10.1. The molecule has 0 radical (unpaired) electrons. The maximum atomic E-state index is 12.7. The smallest absolute Gasteiger partial charge is 0.227 e. The van der Waals surface area contributed by atoms with Gasteiger partial charge in [0.05, 0.1) is 23.2 Å². The summed E-state index contributed by atoms with van der Waals surface area (Å²) < 4.78 is 0. The van der Waals surface area contributed by atoms with Gasteiger partial charge in [-0.1, -0.05) is 18.2 Å². The molecular formula is C18H21N3OS. The lowest BCUT2D eigenvalue weighted by Gasteiger charge is -2.24. The summed E-state index contributed by atoms with van der Waals surface area (Å²) >= 11 is 1.67. The average molecular weight is 327 g/mol. The molecule has 120 valence electrons. The molecule has 5 heteroatoms. The molecule has 0 aliphatic heterocycles. The van der Waals surface area contributed by atoms with Crippen LogP contribution in [0.1, 0.15) is 34.1 Å². The van der Waals surface area contributed by atoms with E-state index in [4.69, 9.17) is 0 Å². The number of thiazole rings is 1. The molecule has 2 heterocycles. The van der Waals surface area contributed by atoms with Crippen LogP contribution in [0.2, 0.25) is 0 Å². The van der Waals surface area contributed by atoms with Gasteiger partial charge in [-0.3, -0.25) is 4.79 Å². The van der Waals surface area contributed by atoms with Crippen LogP contribution in [0.3, 0.4) is 0 Å². The highest BCUT2D eigenvalue weighted by Gasteiger charge is 2.22. The van der Waals surface area contributed by atoms with Crippen LogP contribution in [0, 0.1) is 13.8 Å². The highest BCUT2D eigenvalue weighted by molar-refractivity contribution is 7.11. The molecule has 0 aliphatic rings. The number of aromatic amines is 1. The van der Waals surface area contributed by atoms with E-state index in [2.05, 4.69) is 23.0 Å². The second-order valence-electron chi connectivity index (χ2n) is 5.90. The van der Waals surface area contributed by atoms with E-state index in [0.717, 1.165) is 32.0 Å². The Morgan fingerprint density at radius 3 is 2.78 bits per heavy atom. The predicted octanol–water partition coefficient (Wildman–Crippen LogP) is 4.00. The quantitative estimate of drug-likeness (QED) is 0.787. The normalized spacial score (nSPS) is 12.5. The average Bonchev–Trinajstić information content (AvgIpc) is 3.09. The number of nitrogens with zero attached hydrogens (tertiary/aromatic N) is 2. The number of nitrogens with one attached hydrogen (secondary N) is 1. The number of likely N-dealkylation sites (N-methyl/N-ethyl adjacent to an activating group) is 1. The molecule has 4 nitrogen and oxygen atoms in total. The number of rotatable bonds is 4. The van der Waals surface area contributed by atoms with E-state index in [0.29, 0.717) is 6.42 Å². The fraction of sp³-hybridized carbons (Fsp3) is 0.333. The summed E-state index contributed by atoms with van der Waals surface area (Å²) in [5, 5.41) is 2.16. The van der Waals surface area contributed by atoms with Gasteiger partial charge in [0, 0.05) is 29.0 Å². The van der Waals surface area contributed by atoms with Crippen molar-refractivity contribution in [2.24, 2.45) is 0 Å². The van der Waals surface area contributed by atoms with E-state index >= 15 is 0 Å². The molecule has 23 heavy (non-hydrogen) atoms. The van der Waals surface area contributed by atoms with Gasteiger partial charge in [0.2, 0.25) is 5.91 Å². The Kier molecular flexibility index (Phi) is 4.22. The van der Waals surface area contributed by atoms with Crippen LogP contribution in [0.5, 0.6) is 0 Å². The maximum absolute atomic E-state index is 12.7. The zero-order valence-electron chi connectivity index (χ0n) is 13.9. The summed E-state index contributed by atoms with van der Waals surface area (Å²) in [6.07, 6.45) is 2.34. The molecule has 1 aromatic carbocycles. The van der Waals surface area contributed by atoms with Gasteiger partial charge < -0.3 is 9.88 Å². The van der Waals surface area contributed by atoms with Gasteiger partial charge in [0.1, 0.15) is 0 Å². The van der Waals surface area contributed by atoms with Crippen molar-refractivity contribution < 1.29 is 4.79 Å². The molecule has 0 saturated carbocycles. The van der Waals surface area contributed by atoms with Crippen LogP contribution in [-0.2, 0) is 11.2 Å². The van der Waals surface area contributed by atoms with Gasteiger partial charge in [-0.15, -0.1) is 11.3 Å². The third kappa shape index (κ3) is 3.01. The van der Waals surface area contributed by atoms with Gasteiger partial charge in [0.15, 0.2) is 0 Å². The minimum Gasteiger partial charge on any atom is -0.361 e. The number of H-pyrrole nitrogens is 1. The van der Waals surface area contributed by atoms with Crippen LogP contribution in [0.25, 0.3) is 10.9 Å². The summed E-state index contributed by atoms with van der Waals surface area (Å²) in [4.78, 5) is 23.4. The molecule has 3 rings (SSSR count). The molecule has 1 atom stereocenters. The first-order valence-corrected chi connectivity index (χ1v) is 8.53. The van der Waals surface area contributed by atoms with Crippen LogP contribution in [0.4, 0.5) is 0 Å². The second-order valence-corrected chi connectivity index (χ2v) is 7.13. The van der Waals surface area contributed by atoms with Crippen molar-refractivity contribution in [3.63, 3.8) is 0 Å². The first-order chi connectivity index (χ1) is 11.0. The highest BCUT2D eigenvalue weighted by Crippen LogP contribution is 2.29. The van der Waals surface area contributed by atoms with Gasteiger partial charge in [-0.25, -0.2) is 4.98 Å². The van der Waals surface area contributed by atoms with E-state index in [1.165, 1.54) is 0 Å². The summed E-state index contributed by atoms with van der Waals surface area (Å²) in [5.74, 6) is 0.118. The number of hydrogen-bond donors (Lipinski definition) is 1. The van der Waals surface area contributed by atoms with E-state index in [1.807, 2.05) is 50.2 Å². The standard InChI is InChI=1S/C18H21N3OS/c1-11-18(23-13(3)20-11)12(2)21(4)17(22)9-14-10-19-16-8-6-5-7-15(14)16/h5-8,10,12,19H,9H2,1-4H3. The summed E-state index contributed by atoms with van der Waals surface area (Å²) in [6, 6.07) is 8.11. The third-order valence-corrected chi connectivity index (χ3v) is 5.55.